The van der Waals surface area contributed by atoms with Crippen LogP contribution in [0.2, 0.25) is 0 Å². The fourth-order valence-corrected chi connectivity index (χ4v) is 4.28. The molecule has 0 radical (unpaired) electrons. The lowest BCUT2D eigenvalue weighted by Crippen LogP contribution is -2.27. The first kappa shape index (κ1) is 20.8. The zero-order chi connectivity index (χ0) is 23.1. The summed E-state index contributed by atoms with van der Waals surface area (Å²) in [7, 11) is 0. The van der Waals surface area contributed by atoms with Crippen LogP contribution in [0, 0.1) is 6.92 Å². The third-order valence-electron chi connectivity index (χ3n) is 5.34. The first-order valence-corrected chi connectivity index (χ1v) is 10.7. The molecule has 0 saturated carbocycles. The van der Waals surface area contributed by atoms with Crippen molar-refractivity contribution in [2.45, 2.75) is 19.1 Å². The third-order valence-corrected chi connectivity index (χ3v) is 5.82. The number of rotatable bonds is 4. The Bertz CT molecular complexity index is 1590. The minimum absolute atomic E-state index is 0.251. The van der Waals surface area contributed by atoms with Crippen LogP contribution in [0.1, 0.15) is 29.3 Å². The Kier molecular flexibility index (Phi) is 5.14. The van der Waals surface area contributed by atoms with E-state index in [1.54, 1.807) is 30.3 Å². The van der Waals surface area contributed by atoms with Crippen LogP contribution in [0.3, 0.4) is 0 Å². The lowest BCUT2D eigenvalue weighted by Gasteiger charge is -2.20. The molecule has 0 fully saturated rings. The second-order valence-corrected chi connectivity index (χ2v) is 8.06. The number of nitrogens with one attached hydrogen (secondary N) is 2. The number of aromatic nitrogens is 6. The summed E-state index contributed by atoms with van der Waals surface area (Å²) in [6.07, 6.45) is 2.93. The number of anilines is 1. The highest BCUT2D eigenvalue weighted by atomic mass is 32.1. The zero-order valence-corrected chi connectivity index (χ0v) is 18.7. The maximum absolute atomic E-state index is 13.9. The number of amides is 1. The van der Waals surface area contributed by atoms with Crippen molar-refractivity contribution < 1.29 is 4.79 Å². The Hall–Kier alpha value is -4.05. The van der Waals surface area contributed by atoms with Crippen molar-refractivity contribution in [2.75, 3.05) is 5.32 Å². The summed E-state index contributed by atoms with van der Waals surface area (Å²) in [6, 6.07) is 12.6. The number of aryl methyl sites for hydroxylation is 1. The van der Waals surface area contributed by atoms with Crippen LogP contribution in [0.25, 0.3) is 27.8 Å². The van der Waals surface area contributed by atoms with Gasteiger partial charge in [-0.3, -0.25) is 14.2 Å². The van der Waals surface area contributed by atoms with Crippen molar-refractivity contribution in [2.24, 2.45) is 0 Å². The van der Waals surface area contributed by atoms with Gasteiger partial charge in [0, 0.05) is 6.92 Å². The van der Waals surface area contributed by atoms with Gasteiger partial charge in [-0.05, 0) is 30.7 Å². The van der Waals surface area contributed by atoms with E-state index >= 15 is 0 Å². The van der Waals surface area contributed by atoms with Gasteiger partial charge >= 0.3 is 0 Å². The molecule has 5 aromatic rings. The Morgan fingerprint density at radius 2 is 1.94 bits per heavy atom. The largest absolute Gasteiger partial charge is 0.342 e. The molecule has 164 valence electrons. The first-order chi connectivity index (χ1) is 16.0. The predicted molar refractivity (Wildman–Crippen MR) is 129 cm³/mol. The summed E-state index contributed by atoms with van der Waals surface area (Å²) >= 11 is 4.84. The molecule has 0 aliphatic carbocycles. The van der Waals surface area contributed by atoms with E-state index in [0.29, 0.717) is 45.0 Å². The average molecular weight is 458 g/mol. The summed E-state index contributed by atoms with van der Waals surface area (Å²) in [5.74, 6) is 0.105. The van der Waals surface area contributed by atoms with E-state index in [-0.39, 0.29) is 11.5 Å². The summed E-state index contributed by atoms with van der Waals surface area (Å²) in [6.45, 7) is 3.28. The lowest BCUT2D eigenvalue weighted by atomic mass is 10.1. The minimum Gasteiger partial charge on any atom is -0.342 e. The van der Waals surface area contributed by atoms with Gasteiger partial charge in [0.2, 0.25) is 5.91 Å². The second-order valence-electron chi connectivity index (χ2n) is 7.54. The number of carbonyl (C=O) groups is 1. The number of hydrogen-bond acceptors (Lipinski definition) is 7. The molecule has 0 aliphatic rings. The number of hydrogen-bond donors (Lipinski definition) is 3. The maximum Gasteiger partial charge on any atom is 0.266 e. The number of benzene rings is 2. The van der Waals surface area contributed by atoms with E-state index in [9.17, 15) is 9.59 Å². The van der Waals surface area contributed by atoms with Crippen molar-refractivity contribution in [3.63, 3.8) is 0 Å². The Labute approximate surface area is 193 Å². The monoisotopic (exact) mass is 457 g/mol. The van der Waals surface area contributed by atoms with Gasteiger partial charge in [-0.15, -0.1) is 0 Å². The number of imidazole rings is 1. The van der Waals surface area contributed by atoms with Crippen LogP contribution in [-0.2, 0) is 4.79 Å². The Morgan fingerprint density at radius 3 is 2.76 bits per heavy atom. The van der Waals surface area contributed by atoms with Gasteiger partial charge in [0.05, 0.1) is 34.3 Å². The number of thiol groups is 1. The zero-order valence-electron chi connectivity index (χ0n) is 17.8. The average Bonchev–Trinajstić information content (AvgIpc) is 3.28. The smallest absolute Gasteiger partial charge is 0.266 e. The molecule has 0 spiro atoms. The van der Waals surface area contributed by atoms with Crippen LogP contribution in [-0.4, -0.2) is 35.4 Å². The van der Waals surface area contributed by atoms with Gasteiger partial charge in [0.1, 0.15) is 22.9 Å². The molecule has 5 rings (SSSR count). The predicted octanol–water partition coefficient (Wildman–Crippen LogP) is 3.34. The van der Waals surface area contributed by atoms with Crippen LogP contribution >= 0.6 is 12.6 Å². The number of fused-ring (bicyclic) bond motifs is 2. The van der Waals surface area contributed by atoms with Crippen LogP contribution in [0.5, 0.6) is 0 Å². The standard InChI is InChI=1S/C23H19N7O2S/c1-12-6-5-8-15-17(12)23(32)30(16-9-4-3-7-14(16)28-13(2)31)22(29-15)20(33)18-19-21(26-10-24-18)27-11-25-19/h3-11,20,33H,1-2H3,(H,28,31)(H,24,25,26,27). The normalized spacial score (nSPS) is 12.2. The molecule has 1 atom stereocenters. The SMILES string of the molecule is CC(=O)Nc1ccccc1-n1c(C(S)c2ncnc3nc[nH]c23)nc2cccc(C)c2c1=O. The van der Waals surface area contributed by atoms with Crippen LogP contribution in [0.4, 0.5) is 5.69 Å². The third kappa shape index (κ3) is 3.54. The summed E-state index contributed by atoms with van der Waals surface area (Å²) in [5.41, 5.74) is 3.69. The second kappa shape index (κ2) is 8.14. The molecule has 33 heavy (non-hydrogen) atoms. The topological polar surface area (TPSA) is 118 Å². The molecular formula is C23H19N7O2S. The molecule has 3 aromatic heterocycles. The molecule has 0 saturated heterocycles. The van der Waals surface area contributed by atoms with Crippen molar-refractivity contribution in [1.29, 1.82) is 0 Å². The molecule has 2 N–H and O–H groups in total. The van der Waals surface area contributed by atoms with Gasteiger partial charge in [-0.25, -0.2) is 19.9 Å². The van der Waals surface area contributed by atoms with E-state index in [1.165, 1.54) is 24.1 Å². The molecule has 10 heteroatoms. The number of para-hydroxylation sites is 2. The molecule has 9 nitrogen and oxygen atoms in total. The molecule has 1 amide bonds. The molecular weight excluding hydrogens is 438 g/mol. The van der Waals surface area contributed by atoms with Gasteiger partial charge in [0.25, 0.3) is 5.56 Å². The number of H-pyrrole nitrogens is 1. The quantitative estimate of drug-likeness (QED) is 0.356. The summed E-state index contributed by atoms with van der Waals surface area (Å²) in [5, 5.41) is 2.60. The van der Waals surface area contributed by atoms with E-state index in [2.05, 4.69) is 25.3 Å². The van der Waals surface area contributed by atoms with Crippen LogP contribution in [0.15, 0.2) is 59.9 Å². The molecule has 2 aromatic carbocycles. The van der Waals surface area contributed by atoms with E-state index in [1.807, 2.05) is 19.1 Å². The summed E-state index contributed by atoms with van der Waals surface area (Å²) in [4.78, 5) is 46.4. The number of aromatic amines is 1. The highest BCUT2D eigenvalue weighted by molar-refractivity contribution is 7.80. The highest BCUT2D eigenvalue weighted by Crippen LogP contribution is 2.32. The molecule has 3 heterocycles. The van der Waals surface area contributed by atoms with Gasteiger partial charge in [0.15, 0.2) is 5.65 Å². The Morgan fingerprint density at radius 1 is 1.12 bits per heavy atom. The molecule has 0 bridgehead atoms. The van der Waals surface area contributed by atoms with Gasteiger partial charge < -0.3 is 10.3 Å². The van der Waals surface area contributed by atoms with Gasteiger partial charge in [-0.1, -0.05) is 24.3 Å². The van der Waals surface area contributed by atoms with Gasteiger partial charge in [-0.2, -0.15) is 12.6 Å². The number of nitrogens with zero attached hydrogens (tertiary/aromatic N) is 5. The van der Waals surface area contributed by atoms with E-state index in [0.717, 1.165) is 5.56 Å². The number of carbonyl (C=O) groups excluding carboxylic acids is 1. The fraction of sp³-hybridized carbons (Fsp3) is 0.130. The lowest BCUT2D eigenvalue weighted by molar-refractivity contribution is -0.114. The Balaban J connectivity index is 1.86. The van der Waals surface area contributed by atoms with Crippen molar-refractivity contribution in [1.82, 2.24) is 29.5 Å². The van der Waals surface area contributed by atoms with Crippen molar-refractivity contribution in [3.05, 3.63) is 82.6 Å². The fourth-order valence-electron chi connectivity index (χ4n) is 3.91. The molecule has 1 unspecified atom stereocenters. The minimum atomic E-state index is -0.695. The first-order valence-electron chi connectivity index (χ1n) is 10.2. The van der Waals surface area contributed by atoms with E-state index in [4.69, 9.17) is 17.6 Å². The van der Waals surface area contributed by atoms with E-state index < -0.39 is 5.25 Å². The maximum atomic E-state index is 13.9. The van der Waals surface area contributed by atoms with Crippen LogP contribution < -0.4 is 10.9 Å². The van der Waals surface area contributed by atoms with Crippen molar-refractivity contribution in [3.8, 4) is 5.69 Å². The summed E-state index contributed by atoms with van der Waals surface area (Å²) < 4.78 is 1.49. The molecule has 0 aliphatic heterocycles. The van der Waals surface area contributed by atoms with Crippen molar-refractivity contribution >= 4 is 46.3 Å². The highest BCUT2D eigenvalue weighted by Gasteiger charge is 2.25.